The Morgan fingerprint density at radius 3 is 2.21 bits per heavy atom. The number of hydrogen-bond acceptors (Lipinski definition) is 3. The quantitative estimate of drug-likeness (QED) is 0.663. The van der Waals surface area contributed by atoms with Crippen molar-refractivity contribution in [1.29, 1.82) is 0 Å². The van der Waals surface area contributed by atoms with Crippen molar-refractivity contribution >= 4 is 29.1 Å². The van der Waals surface area contributed by atoms with Crippen molar-refractivity contribution in [3.63, 3.8) is 0 Å². The maximum absolute atomic E-state index is 12.3. The van der Waals surface area contributed by atoms with Crippen LogP contribution < -0.4 is 16.4 Å². The third kappa shape index (κ3) is 4.21. The average molecular weight is 400 g/mol. The molecule has 148 valence electrons. The predicted octanol–water partition coefficient (Wildman–Crippen LogP) is 3.73. The second-order valence-electron chi connectivity index (χ2n) is 7.99. The van der Waals surface area contributed by atoms with Gasteiger partial charge in [-0.05, 0) is 53.8 Å². The third-order valence-electron chi connectivity index (χ3n) is 5.73. The van der Waals surface area contributed by atoms with Gasteiger partial charge in [0.2, 0.25) is 5.91 Å². The van der Waals surface area contributed by atoms with Crippen LogP contribution in [-0.4, -0.2) is 24.9 Å². The number of rotatable bonds is 7. The molecule has 0 bridgehead atoms. The molecule has 2 aromatic carbocycles. The van der Waals surface area contributed by atoms with Gasteiger partial charge in [0, 0.05) is 41.2 Å². The van der Waals surface area contributed by atoms with Crippen LogP contribution in [0.5, 0.6) is 0 Å². The first kappa shape index (κ1) is 20.4. The van der Waals surface area contributed by atoms with E-state index in [1.165, 1.54) is 5.56 Å². The van der Waals surface area contributed by atoms with E-state index >= 15 is 0 Å². The largest absolute Gasteiger partial charge is 0.352 e. The number of anilines is 1. The molecule has 0 saturated heterocycles. The Balaban J connectivity index is 1.48. The maximum atomic E-state index is 12.3. The summed E-state index contributed by atoms with van der Waals surface area (Å²) in [6.45, 7) is 5.30. The molecule has 2 amide bonds. The van der Waals surface area contributed by atoms with Gasteiger partial charge in [-0.3, -0.25) is 9.59 Å². The molecule has 0 aromatic heterocycles. The van der Waals surface area contributed by atoms with Gasteiger partial charge in [0.15, 0.2) is 0 Å². The molecular formula is C22H26ClN3O2. The highest BCUT2D eigenvalue weighted by atomic mass is 35.5. The van der Waals surface area contributed by atoms with Gasteiger partial charge in [0.05, 0.1) is 0 Å². The number of nitrogens with two attached hydrogens (primary N) is 1. The molecule has 28 heavy (non-hydrogen) atoms. The molecule has 4 N–H and O–H groups in total. The number of hydrogen-bond donors (Lipinski definition) is 3. The van der Waals surface area contributed by atoms with E-state index in [1.54, 1.807) is 24.3 Å². The van der Waals surface area contributed by atoms with Crippen LogP contribution in [0.1, 0.15) is 42.6 Å². The Labute approximate surface area is 170 Å². The topological polar surface area (TPSA) is 84.2 Å². The SMILES string of the molecule is CC1(C)CC1(CN)c1ccc(C(=O)NCCC(=O)Nc2ccc(Cl)cc2)cc1. The van der Waals surface area contributed by atoms with Crippen LogP contribution in [0.15, 0.2) is 48.5 Å². The molecule has 0 radical (unpaired) electrons. The highest BCUT2D eigenvalue weighted by molar-refractivity contribution is 6.30. The summed E-state index contributed by atoms with van der Waals surface area (Å²) in [5.41, 5.74) is 8.65. The second-order valence-corrected chi connectivity index (χ2v) is 8.42. The summed E-state index contributed by atoms with van der Waals surface area (Å²) in [4.78, 5) is 24.3. The van der Waals surface area contributed by atoms with Crippen molar-refractivity contribution in [1.82, 2.24) is 5.32 Å². The van der Waals surface area contributed by atoms with Gasteiger partial charge in [-0.15, -0.1) is 0 Å². The van der Waals surface area contributed by atoms with E-state index < -0.39 is 0 Å². The van der Waals surface area contributed by atoms with Gasteiger partial charge in [-0.25, -0.2) is 0 Å². The fourth-order valence-corrected chi connectivity index (χ4v) is 3.88. The summed E-state index contributed by atoms with van der Waals surface area (Å²) < 4.78 is 0. The van der Waals surface area contributed by atoms with Crippen LogP contribution >= 0.6 is 11.6 Å². The van der Waals surface area contributed by atoms with E-state index in [2.05, 4.69) is 24.5 Å². The molecular weight excluding hydrogens is 374 g/mol. The highest BCUT2D eigenvalue weighted by Crippen LogP contribution is 2.63. The predicted molar refractivity (Wildman–Crippen MR) is 113 cm³/mol. The Kier molecular flexibility index (Phi) is 5.77. The summed E-state index contributed by atoms with van der Waals surface area (Å²) in [6.07, 6.45) is 1.25. The fraction of sp³-hybridized carbons (Fsp3) is 0.364. The van der Waals surface area contributed by atoms with Gasteiger partial charge in [-0.1, -0.05) is 37.6 Å². The van der Waals surface area contributed by atoms with Crippen LogP contribution in [0.3, 0.4) is 0 Å². The lowest BCUT2D eigenvalue weighted by Crippen LogP contribution is -2.28. The molecule has 2 aromatic rings. The second kappa shape index (κ2) is 7.94. The zero-order chi connectivity index (χ0) is 20.4. The third-order valence-corrected chi connectivity index (χ3v) is 5.98. The molecule has 1 saturated carbocycles. The molecule has 1 unspecified atom stereocenters. The maximum Gasteiger partial charge on any atom is 0.251 e. The summed E-state index contributed by atoms with van der Waals surface area (Å²) in [5, 5.41) is 6.16. The fourth-order valence-electron chi connectivity index (χ4n) is 3.76. The van der Waals surface area contributed by atoms with E-state index in [1.807, 2.05) is 24.3 Å². The average Bonchev–Trinajstić information content (AvgIpc) is 3.26. The Morgan fingerprint density at radius 2 is 1.68 bits per heavy atom. The Morgan fingerprint density at radius 1 is 1.07 bits per heavy atom. The van der Waals surface area contributed by atoms with Crippen LogP contribution in [0.2, 0.25) is 5.02 Å². The van der Waals surface area contributed by atoms with Gasteiger partial charge in [0.25, 0.3) is 5.91 Å². The van der Waals surface area contributed by atoms with Gasteiger partial charge in [0.1, 0.15) is 0 Å². The lowest BCUT2D eigenvalue weighted by molar-refractivity contribution is -0.116. The van der Waals surface area contributed by atoms with Crippen molar-refractivity contribution in [2.24, 2.45) is 11.1 Å². The Bertz CT molecular complexity index is 862. The van der Waals surface area contributed by atoms with Crippen LogP contribution in [0.25, 0.3) is 0 Å². The zero-order valence-corrected chi connectivity index (χ0v) is 17.0. The minimum absolute atomic E-state index is 0.0156. The first-order chi connectivity index (χ1) is 13.3. The normalized spacial score (nSPS) is 19.7. The lowest BCUT2D eigenvalue weighted by atomic mass is 9.87. The first-order valence-electron chi connectivity index (χ1n) is 9.42. The number of nitrogens with one attached hydrogen (secondary N) is 2. The standard InChI is InChI=1S/C22H26ClN3O2/c1-21(2)13-22(21,14-24)16-5-3-15(4-6-16)20(28)25-12-11-19(27)26-18-9-7-17(23)8-10-18/h3-10H,11-14,24H2,1-2H3,(H,25,28)(H,26,27). The summed E-state index contributed by atoms with van der Waals surface area (Å²) >= 11 is 5.82. The van der Waals surface area contributed by atoms with E-state index in [0.717, 1.165) is 6.42 Å². The van der Waals surface area contributed by atoms with E-state index in [0.29, 0.717) is 22.8 Å². The van der Waals surface area contributed by atoms with Gasteiger partial charge in [-0.2, -0.15) is 0 Å². The minimum Gasteiger partial charge on any atom is -0.352 e. The van der Waals surface area contributed by atoms with Gasteiger partial charge >= 0.3 is 0 Å². The summed E-state index contributed by atoms with van der Waals surface area (Å²) in [7, 11) is 0. The smallest absolute Gasteiger partial charge is 0.251 e. The van der Waals surface area contributed by atoms with Crippen molar-refractivity contribution in [2.75, 3.05) is 18.4 Å². The van der Waals surface area contributed by atoms with Crippen LogP contribution in [0.4, 0.5) is 5.69 Å². The molecule has 0 heterocycles. The molecule has 1 atom stereocenters. The van der Waals surface area contributed by atoms with Crippen molar-refractivity contribution < 1.29 is 9.59 Å². The molecule has 5 nitrogen and oxygen atoms in total. The number of amides is 2. The molecule has 1 aliphatic rings. The van der Waals surface area contributed by atoms with E-state index in [9.17, 15) is 9.59 Å². The molecule has 0 spiro atoms. The molecule has 3 rings (SSSR count). The van der Waals surface area contributed by atoms with Crippen molar-refractivity contribution in [3.05, 3.63) is 64.7 Å². The number of benzene rings is 2. The summed E-state index contributed by atoms with van der Waals surface area (Å²) in [5.74, 6) is -0.360. The lowest BCUT2D eigenvalue weighted by Gasteiger charge is -2.19. The van der Waals surface area contributed by atoms with Crippen LogP contribution in [0, 0.1) is 5.41 Å². The van der Waals surface area contributed by atoms with E-state index in [-0.39, 0.29) is 35.6 Å². The number of carbonyl (C=O) groups is 2. The van der Waals surface area contributed by atoms with E-state index in [4.69, 9.17) is 17.3 Å². The van der Waals surface area contributed by atoms with Crippen LogP contribution in [-0.2, 0) is 10.2 Å². The molecule has 0 aliphatic heterocycles. The molecule has 6 heteroatoms. The number of halogens is 1. The zero-order valence-electron chi connectivity index (χ0n) is 16.2. The van der Waals surface area contributed by atoms with Crippen molar-refractivity contribution in [2.45, 2.75) is 32.1 Å². The first-order valence-corrected chi connectivity index (χ1v) is 9.79. The summed E-state index contributed by atoms with van der Waals surface area (Å²) in [6, 6.07) is 14.5. The number of carbonyl (C=O) groups excluding carboxylic acids is 2. The molecule has 1 aliphatic carbocycles. The molecule has 1 fully saturated rings. The monoisotopic (exact) mass is 399 g/mol. The van der Waals surface area contributed by atoms with Gasteiger partial charge < -0.3 is 16.4 Å². The Hall–Kier alpha value is -2.37. The minimum atomic E-state index is -0.192. The van der Waals surface area contributed by atoms with Crippen molar-refractivity contribution in [3.8, 4) is 0 Å². The highest BCUT2D eigenvalue weighted by Gasteiger charge is 2.60.